The van der Waals surface area contributed by atoms with Crippen LogP contribution >= 0.6 is 11.3 Å². The maximum Gasteiger partial charge on any atom is 0.129 e. The van der Waals surface area contributed by atoms with Crippen molar-refractivity contribution in [3.63, 3.8) is 0 Å². The number of aromatic nitrogens is 1. The molecule has 2 aromatic carbocycles. The molecule has 112 valence electrons. The lowest BCUT2D eigenvalue weighted by Crippen LogP contribution is -2.02. The fourth-order valence-electron chi connectivity index (χ4n) is 2.21. The van der Waals surface area contributed by atoms with Gasteiger partial charge in [0.25, 0.3) is 0 Å². The molecule has 3 aromatic rings. The number of thiazole rings is 1. The molecule has 0 aliphatic carbocycles. The zero-order valence-corrected chi connectivity index (χ0v) is 13.1. The number of ether oxygens (including phenoxy) is 1. The summed E-state index contributed by atoms with van der Waals surface area (Å²) in [5, 5.41) is 3.13. The van der Waals surface area contributed by atoms with E-state index in [1.807, 2.05) is 42.5 Å². The molecule has 0 aliphatic heterocycles. The predicted molar refractivity (Wildman–Crippen MR) is 91.1 cm³/mol. The molecule has 0 radical (unpaired) electrons. The number of nitrogens with zero attached hydrogens (tertiary/aromatic N) is 1. The molecule has 3 rings (SSSR count). The van der Waals surface area contributed by atoms with Crippen molar-refractivity contribution in [1.82, 2.24) is 4.98 Å². The van der Waals surface area contributed by atoms with Crippen LogP contribution in [0.5, 0.6) is 5.75 Å². The molecule has 0 spiro atoms. The molecule has 1 aromatic heterocycles. The Labute approximate surface area is 134 Å². The zero-order chi connectivity index (χ0) is 15.2. The molecule has 0 amide bonds. The number of rotatable bonds is 6. The normalized spacial score (nSPS) is 10.6. The van der Waals surface area contributed by atoms with E-state index in [9.17, 15) is 0 Å². The molecule has 1 heterocycles. The van der Waals surface area contributed by atoms with E-state index in [-0.39, 0.29) is 0 Å². The van der Waals surface area contributed by atoms with Crippen molar-refractivity contribution in [3.05, 3.63) is 70.5 Å². The minimum absolute atomic E-state index is 0.553. The Bertz CT molecular complexity index is 725. The summed E-state index contributed by atoms with van der Waals surface area (Å²) in [6.45, 7) is 1.18. The van der Waals surface area contributed by atoms with Crippen LogP contribution in [0.3, 0.4) is 0 Å². The molecule has 0 unspecified atom stereocenters. The highest BCUT2D eigenvalue weighted by atomic mass is 32.1. The average molecular weight is 310 g/mol. The van der Waals surface area contributed by atoms with Gasteiger partial charge in [-0.3, -0.25) is 0 Å². The standard InChI is InChI=1S/C18H18N2OS/c19-11-10-18-20-16(13-22-18)15-8-4-5-9-17(15)21-12-14-6-2-1-3-7-14/h1-9,13H,10-12,19H2. The second-order valence-corrected chi connectivity index (χ2v) is 5.88. The average Bonchev–Trinajstić information content (AvgIpc) is 3.03. The van der Waals surface area contributed by atoms with Crippen LogP contribution in [-0.2, 0) is 13.0 Å². The molecule has 0 aliphatic rings. The Kier molecular flexibility index (Phi) is 4.83. The van der Waals surface area contributed by atoms with Crippen LogP contribution in [0.4, 0.5) is 0 Å². The third kappa shape index (κ3) is 3.53. The van der Waals surface area contributed by atoms with Gasteiger partial charge in [-0.05, 0) is 24.2 Å². The summed E-state index contributed by atoms with van der Waals surface area (Å²) < 4.78 is 5.99. The predicted octanol–water partition coefficient (Wildman–Crippen LogP) is 3.89. The SMILES string of the molecule is NCCc1nc(-c2ccccc2OCc2ccccc2)cs1. The molecule has 0 saturated carbocycles. The van der Waals surface area contributed by atoms with E-state index < -0.39 is 0 Å². The van der Waals surface area contributed by atoms with Gasteiger partial charge >= 0.3 is 0 Å². The maximum atomic E-state index is 5.99. The van der Waals surface area contributed by atoms with Crippen molar-refractivity contribution >= 4 is 11.3 Å². The Balaban J connectivity index is 1.80. The highest BCUT2D eigenvalue weighted by Crippen LogP contribution is 2.31. The highest BCUT2D eigenvalue weighted by Gasteiger charge is 2.10. The summed E-state index contributed by atoms with van der Waals surface area (Å²) in [5.74, 6) is 0.857. The second kappa shape index (κ2) is 7.20. The number of para-hydroxylation sites is 1. The van der Waals surface area contributed by atoms with E-state index in [1.165, 1.54) is 0 Å². The van der Waals surface area contributed by atoms with Gasteiger partial charge in [-0.15, -0.1) is 11.3 Å². The van der Waals surface area contributed by atoms with E-state index in [1.54, 1.807) is 11.3 Å². The van der Waals surface area contributed by atoms with E-state index in [0.717, 1.165) is 34.0 Å². The molecule has 3 nitrogen and oxygen atoms in total. The van der Waals surface area contributed by atoms with E-state index in [0.29, 0.717) is 13.2 Å². The first-order valence-corrected chi connectivity index (χ1v) is 8.15. The van der Waals surface area contributed by atoms with Crippen molar-refractivity contribution in [1.29, 1.82) is 0 Å². The van der Waals surface area contributed by atoms with Gasteiger partial charge in [0.05, 0.1) is 10.7 Å². The largest absolute Gasteiger partial charge is 0.488 e. The van der Waals surface area contributed by atoms with Gasteiger partial charge < -0.3 is 10.5 Å². The summed E-state index contributed by atoms with van der Waals surface area (Å²) in [6.07, 6.45) is 0.817. The molecule has 0 bridgehead atoms. The van der Waals surface area contributed by atoms with Gasteiger partial charge in [-0.2, -0.15) is 0 Å². The molecule has 0 atom stereocenters. The lowest BCUT2D eigenvalue weighted by Gasteiger charge is -2.10. The minimum atomic E-state index is 0.553. The molecular formula is C18H18N2OS. The summed E-state index contributed by atoms with van der Waals surface area (Å²) in [6, 6.07) is 18.2. The smallest absolute Gasteiger partial charge is 0.129 e. The van der Waals surface area contributed by atoms with Crippen molar-refractivity contribution in [2.45, 2.75) is 13.0 Å². The fraction of sp³-hybridized carbons (Fsp3) is 0.167. The van der Waals surface area contributed by atoms with Gasteiger partial charge in [0.1, 0.15) is 12.4 Å². The number of nitrogens with two attached hydrogens (primary N) is 1. The molecular weight excluding hydrogens is 292 g/mol. The van der Waals surface area contributed by atoms with E-state index in [2.05, 4.69) is 22.5 Å². The van der Waals surface area contributed by atoms with Crippen molar-refractivity contribution in [2.24, 2.45) is 5.73 Å². The minimum Gasteiger partial charge on any atom is -0.488 e. The van der Waals surface area contributed by atoms with Crippen LogP contribution in [-0.4, -0.2) is 11.5 Å². The lowest BCUT2D eigenvalue weighted by atomic mass is 10.1. The summed E-state index contributed by atoms with van der Waals surface area (Å²) >= 11 is 1.65. The Morgan fingerprint density at radius 1 is 1.00 bits per heavy atom. The van der Waals surface area contributed by atoms with Crippen molar-refractivity contribution in [3.8, 4) is 17.0 Å². The first kappa shape index (κ1) is 14.8. The molecule has 0 saturated heterocycles. The highest BCUT2D eigenvalue weighted by molar-refractivity contribution is 7.09. The summed E-state index contributed by atoms with van der Waals surface area (Å²) in [7, 11) is 0. The van der Waals surface area contributed by atoms with Gasteiger partial charge in [0.2, 0.25) is 0 Å². The molecule has 22 heavy (non-hydrogen) atoms. The fourth-order valence-corrected chi connectivity index (χ4v) is 3.03. The van der Waals surface area contributed by atoms with Crippen molar-refractivity contribution in [2.75, 3.05) is 6.54 Å². The molecule has 2 N–H and O–H groups in total. The van der Waals surface area contributed by atoms with Crippen molar-refractivity contribution < 1.29 is 4.74 Å². The van der Waals surface area contributed by atoms with Gasteiger partial charge in [0.15, 0.2) is 0 Å². The van der Waals surface area contributed by atoms with Crippen LogP contribution in [0.1, 0.15) is 10.6 Å². The van der Waals surface area contributed by atoms with Crippen LogP contribution in [0.25, 0.3) is 11.3 Å². The number of benzene rings is 2. The lowest BCUT2D eigenvalue weighted by molar-refractivity contribution is 0.307. The first-order valence-electron chi connectivity index (χ1n) is 7.27. The second-order valence-electron chi connectivity index (χ2n) is 4.94. The van der Waals surface area contributed by atoms with E-state index >= 15 is 0 Å². The maximum absolute atomic E-state index is 5.99. The number of hydrogen-bond donors (Lipinski definition) is 1. The summed E-state index contributed by atoms with van der Waals surface area (Å²) in [4.78, 5) is 4.64. The van der Waals surface area contributed by atoms with Gasteiger partial charge in [-0.1, -0.05) is 42.5 Å². The Morgan fingerprint density at radius 2 is 1.77 bits per heavy atom. The monoisotopic (exact) mass is 310 g/mol. The summed E-state index contributed by atoms with van der Waals surface area (Å²) in [5.41, 5.74) is 8.73. The third-order valence-electron chi connectivity index (χ3n) is 3.31. The third-order valence-corrected chi connectivity index (χ3v) is 4.22. The topological polar surface area (TPSA) is 48.1 Å². The van der Waals surface area contributed by atoms with Crippen LogP contribution in [0.15, 0.2) is 60.0 Å². The molecule has 0 fully saturated rings. The zero-order valence-electron chi connectivity index (χ0n) is 12.2. The Hall–Kier alpha value is -2.17. The van der Waals surface area contributed by atoms with Crippen LogP contribution in [0, 0.1) is 0 Å². The Morgan fingerprint density at radius 3 is 2.59 bits per heavy atom. The van der Waals surface area contributed by atoms with Crippen LogP contribution < -0.4 is 10.5 Å². The van der Waals surface area contributed by atoms with Gasteiger partial charge in [-0.25, -0.2) is 4.98 Å². The quantitative estimate of drug-likeness (QED) is 0.751. The number of hydrogen-bond acceptors (Lipinski definition) is 4. The van der Waals surface area contributed by atoms with E-state index in [4.69, 9.17) is 10.5 Å². The van der Waals surface area contributed by atoms with Gasteiger partial charge in [0, 0.05) is 17.4 Å². The molecule has 4 heteroatoms. The van der Waals surface area contributed by atoms with Crippen LogP contribution in [0.2, 0.25) is 0 Å². The first-order chi connectivity index (χ1) is 10.9.